The fourth-order valence-corrected chi connectivity index (χ4v) is 3.97. The number of rotatable bonds is 7. The van der Waals surface area contributed by atoms with Gasteiger partial charge in [0.2, 0.25) is 5.91 Å². The molecule has 1 aromatic rings. The van der Waals surface area contributed by atoms with Crippen molar-refractivity contribution in [3.8, 4) is 0 Å². The minimum absolute atomic E-state index is 0.0647. The monoisotopic (exact) mass is 338 g/mol. The van der Waals surface area contributed by atoms with Gasteiger partial charge in [0.05, 0.1) is 5.60 Å². The Morgan fingerprint density at radius 3 is 2.87 bits per heavy atom. The largest absolute Gasteiger partial charge is 0.376 e. The third-order valence-corrected chi connectivity index (χ3v) is 5.33. The highest BCUT2D eigenvalue weighted by molar-refractivity contribution is 7.13. The first kappa shape index (κ1) is 18.4. The number of anilines is 1. The Hall–Kier alpha value is -0.940. The van der Waals surface area contributed by atoms with Gasteiger partial charge in [-0.05, 0) is 50.9 Å². The van der Waals surface area contributed by atoms with Crippen molar-refractivity contribution in [1.29, 1.82) is 0 Å². The maximum atomic E-state index is 12.4. The maximum absolute atomic E-state index is 12.4. The number of amides is 1. The molecule has 1 saturated heterocycles. The molecule has 130 valence electrons. The summed E-state index contributed by atoms with van der Waals surface area (Å²) in [6, 6.07) is 0. The molecule has 23 heavy (non-hydrogen) atoms. The van der Waals surface area contributed by atoms with Crippen molar-refractivity contribution in [2.45, 2.75) is 65.4 Å². The van der Waals surface area contributed by atoms with Crippen LogP contribution in [0, 0.1) is 17.8 Å². The zero-order valence-corrected chi connectivity index (χ0v) is 15.6. The molecule has 1 N–H and O–H groups in total. The minimum Gasteiger partial charge on any atom is -0.376 e. The summed E-state index contributed by atoms with van der Waals surface area (Å²) < 4.78 is 5.85. The summed E-state index contributed by atoms with van der Waals surface area (Å²) in [7, 11) is 0. The Bertz CT molecular complexity index is 485. The summed E-state index contributed by atoms with van der Waals surface area (Å²) in [5, 5.41) is 5.52. The van der Waals surface area contributed by atoms with Crippen LogP contribution in [0.5, 0.6) is 0 Å². The van der Waals surface area contributed by atoms with Crippen molar-refractivity contribution in [3.63, 3.8) is 0 Å². The second-order valence-corrected chi connectivity index (χ2v) is 8.58. The highest BCUT2D eigenvalue weighted by atomic mass is 32.1. The predicted molar refractivity (Wildman–Crippen MR) is 95.7 cm³/mol. The summed E-state index contributed by atoms with van der Waals surface area (Å²) >= 11 is 1.47. The predicted octanol–water partition coefficient (Wildman–Crippen LogP) is 4.73. The highest BCUT2D eigenvalue weighted by Crippen LogP contribution is 2.37. The van der Waals surface area contributed by atoms with E-state index in [1.807, 2.05) is 5.38 Å². The van der Waals surface area contributed by atoms with Gasteiger partial charge < -0.3 is 10.1 Å². The van der Waals surface area contributed by atoms with Crippen molar-refractivity contribution in [2.24, 2.45) is 17.8 Å². The van der Waals surface area contributed by atoms with Gasteiger partial charge in [0, 0.05) is 24.6 Å². The van der Waals surface area contributed by atoms with Gasteiger partial charge in [0.15, 0.2) is 5.13 Å². The molecule has 1 aliphatic rings. The van der Waals surface area contributed by atoms with Crippen molar-refractivity contribution in [3.05, 3.63) is 11.6 Å². The van der Waals surface area contributed by atoms with Crippen LogP contribution in [0.1, 0.15) is 59.8 Å². The number of nitrogens with zero attached hydrogens (tertiary/aromatic N) is 1. The molecule has 1 fully saturated rings. The summed E-state index contributed by atoms with van der Waals surface area (Å²) in [6.07, 6.45) is 6.71. The van der Waals surface area contributed by atoms with Gasteiger partial charge in [0.25, 0.3) is 0 Å². The molecule has 1 aliphatic heterocycles. The average molecular weight is 339 g/mol. The molecule has 2 atom stereocenters. The van der Waals surface area contributed by atoms with E-state index in [2.05, 4.69) is 38.0 Å². The Balaban J connectivity index is 1.96. The number of carbonyl (C=O) groups excluding carboxylic acids is 1. The summed E-state index contributed by atoms with van der Waals surface area (Å²) in [6.45, 7) is 9.63. The van der Waals surface area contributed by atoms with Crippen LogP contribution < -0.4 is 5.32 Å². The fraction of sp³-hybridized carbons (Fsp3) is 0.778. The first-order valence-corrected chi connectivity index (χ1v) is 9.57. The first-order valence-electron chi connectivity index (χ1n) is 8.69. The fourth-order valence-electron chi connectivity index (χ4n) is 3.43. The van der Waals surface area contributed by atoms with E-state index in [-0.39, 0.29) is 11.5 Å². The molecule has 2 rings (SSSR count). The SMILES string of the molecule is CC(C)CC[C@@H](CC(=O)Nc1nccs1)[C@@H]1CCOC(C)(C)C1. The second-order valence-electron chi connectivity index (χ2n) is 7.68. The molecule has 1 aromatic heterocycles. The maximum Gasteiger partial charge on any atom is 0.226 e. The number of thiazole rings is 1. The van der Waals surface area contributed by atoms with E-state index in [4.69, 9.17) is 4.74 Å². The zero-order valence-electron chi connectivity index (χ0n) is 14.8. The van der Waals surface area contributed by atoms with Gasteiger partial charge in [-0.15, -0.1) is 11.3 Å². The van der Waals surface area contributed by atoms with Crippen molar-refractivity contribution >= 4 is 22.4 Å². The van der Waals surface area contributed by atoms with Gasteiger partial charge in [-0.3, -0.25) is 4.79 Å². The lowest BCUT2D eigenvalue weighted by Crippen LogP contribution is -2.37. The molecule has 2 heterocycles. The molecular formula is C18H30N2O2S. The van der Waals surface area contributed by atoms with E-state index in [9.17, 15) is 4.79 Å². The van der Waals surface area contributed by atoms with Crippen molar-refractivity contribution in [1.82, 2.24) is 4.98 Å². The molecule has 4 nitrogen and oxygen atoms in total. The van der Waals surface area contributed by atoms with Gasteiger partial charge >= 0.3 is 0 Å². The molecule has 0 spiro atoms. The first-order chi connectivity index (χ1) is 10.9. The summed E-state index contributed by atoms with van der Waals surface area (Å²) in [5.41, 5.74) is -0.0647. The van der Waals surface area contributed by atoms with E-state index in [0.717, 1.165) is 25.9 Å². The molecule has 0 saturated carbocycles. The normalized spacial score (nSPS) is 22.0. The van der Waals surface area contributed by atoms with E-state index >= 15 is 0 Å². The lowest BCUT2D eigenvalue weighted by molar-refractivity contribution is -0.119. The van der Waals surface area contributed by atoms with E-state index in [1.54, 1.807) is 6.20 Å². The van der Waals surface area contributed by atoms with Crippen LogP contribution in [0.15, 0.2) is 11.6 Å². The smallest absolute Gasteiger partial charge is 0.226 e. The van der Waals surface area contributed by atoms with Gasteiger partial charge in [-0.1, -0.05) is 20.3 Å². The number of hydrogen-bond acceptors (Lipinski definition) is 4. The highest BCUT2D eigenvalue weighted by Gasteiger charge is 2.34. The zero-order chi connectivity index (χ0) is 16.9. The lowest BCUT2D eigenvalue weighted by atomic mass is 9.75. The van der Waals surface area contributed by atoms with Crippen LogP contribution in [0.4, 0.5) is 5.13 Å². The Labute approximate surface area is 144 Å². The number of aromatic nitrogens is 1. The van der Waals surface area contributed by atoms with Gasteiger partial charge in [-0.25, -0.2) is 4.98 Å². The van der Waals surface area contributed by atoms with E-state index in [1.165, 1.54) is 17.8 Å². The quantitative estimate of drug-likeness (QED) is 0.782. The number of nitrogens with one attached hydrogen (secondary N) is 1. The Kier molecular flexibility index (Phi) is 6.60. The van der Waals surface area contributed by atoms with Crippen LogP contribution in [0.2, 0.25) is 0 Å². The molecule has 0 bridgehead atoms. The third kappa shape index (κ3) is 6.22. The molecule has 0 aromatic carbocycles. The average Bonchev–Trinajstić information content (AvgIpc) is 2.94. The van der Waals surface area contributed by atoms with Gasteiger partial charge in [0.1, 0.15) is 0 Å². The molecule has 0 unspecified atom stereocenters. The second kappa shape index (κ2) is 8.25. The van der Waals surface area contributed by atoms with Crippen molar-refractivity contribution in [2.75, 3.05) is 11.9 Å². The standard InChI is InChI=1S/C18H30N2O2S/c1-13(2)5-6-14(15-7-9-22-18(3,4)12-15)11-16(21)20-17-19-8-10-23-17/h8,10,13-15H,5-7,9,11-12H2,1-4H3,(H,19,20,21)/t14-,15+/m0/s1. The number of ether oxygens (including phenoxy) is 1. The number of hydrogen-bond donors (Lipinski definition) is 1. The van der Waals surface area contributed by atoms with Gasteiger partial charge in [-0.2, -0.15) is 0 Å². The lowest BCUT2D eigenvalue weighted by Gasteiger charge is -2.39. The van der Waals surface area contributed by atoms with Crippen LogP contribution in [-0.2, 0) is 9.53 Å². The Morgan fingerprint density at radius 1 is 1.48 bits per heavy atom. The third-order valence-electron chi connectivity index (χ3n) is 4.64. The molecular weight excluding hydrogens is 308 g/mol. The Morgan fingerprint density at radius 2 is 2.26 bits per heavy atom. The van der Waals surface area contributed by atoms with E-state index in [0.29, 0.717) is 29.3 Å². The summed E-state index contributed by atoms with van der Waals surface area (Å²) in [4.78, 5) is 16.5. The van der Waals surface area contributed by atoms with Crippen LogP contribution in [0.25, 0.3) is 0 Å². The molecule has 1 amide bonds. The molecule has 0 aliphatic carbocycles. The van der Waals surface area contributed by atoms with Crippen molar-refractivity contribution < 1.29 is 9.53 Å². The molecule has 5 heteroatoms. The van der Waals surface area contributed by atoms with E-state index < -0.39 is 0 Å². The summed E-state index contributed by atoms with van der Waals surface area (Å²) in [5.74, 6) is 1.77. The van der Waals surface area contributed by atoms with Crippen LogP contribution in [0.3, 0.4) is 0 Å². The minimum atomic E-state index is -0.0647. The van der Waals surface area contributed by atoms with Crippen LogP contribution >= 0.6 is 11.3 Å². The van der Waals surface area contributed by atoms with Crippen LogP contribution in [-0.4, -0.2) is 23.1 Å². The molecule has 0 radical (unpaired) electrons. The number of carbonyl (C=O) groups is 1. The topological polar surface area (TPSA) is 51.2 Å².